The van der Waals surface area contributed by atoms with Crippen LogP contribution in [-0.2, 0) is 6.54 Å². The number of likely N-dealkylation sites (tertiary alicyclic amines) is 1. The summed E-state index contributed by atoms with van der Waals surface area (Å²) in [5.41, 5.74) is 8.40. The van der Waals surface area contributed by atoms with E-state index in [4.69, 9.17) is 5.73 Å². The molecule has 1 aromatic carbocycles. The summed E-state index contributed by atoms with van der Waals surface area (Å²) in [4.78, 5) is 2.37. The molecule has 0 spiro atoms. The third-order valence-electron chi connectivity index (χ3n) is 2.61. The second-order valence-corrected chi connectivity index (χ2v) is 4.89. The average Bonchev–Trinajstić information content (AvgIpc) is 2.09. The Morgan fingerprint density at radius 3 is 2.79 bits per heavy atom. The SMILES string of the molecule is Cc1cc(CN2CC(N)C2)ccc1Br. The zero-order chi connectivity index (χ0) is 10.1. The van der Waals surface area contributed by atoms with Crippen molar-refractivity contribution in [2.75, 3.05) is 13.1 Å². The summed E-state index contributed by atoms with van der Waals surface area (Å²) in [6, 6.07) is 6.91. The van der Waals surface area contributed by atoms with Crippen LogP contribution in [0.2, 0.25) is 0 Å². The smallest absolute Gasteiger partial charge is 0.0297 e. The van der Waals surface area contributed by atoms with Gasteiger partial charge in [0.2, 0.25) is 0 Å². The van der Waals surface area contributed by atoms with E-state index in [1.165, 1.54) is 15.6 Å². The molecule has 0 bridgehead atoms. The molecule has 0 aromatic heterocycles. The van der Waals surface area contributed by atoms with Crippen molar-refractivity contribution >= 4 is 15.9 Å². The van der Waals surface area contributed by atoms with Gasteiger partial charge in [-0.25, -0.2) is 0 Å². The Bertz CT molecular complexity index is 332. The predicted octanol–water partition coefficient (Wildman–Crippen LogP) is 1.90. The van der Waals surface area contributed by atoms with Crippen LogP contribution in [0.3, 0.4) is 0 Å². The van der Waals surface area contributed by atoms with Crippen LogP contribution in [0.25, 0.3) is 0 Å². The topological polar surface area (TPSA) is 29.3 Å². The van der Waals surface area contributed by atoms with Gasteiger partial charge in [0.05, 0.1) is 0 Å². The van der Waals surface area contributed by atoms with Crippen molar-refractivity contribution in [3.63, 3.8) is 0 Å². The lowest BCUT2D eigenvalue weighted by Gasteiger charge is -2.36. The third-order valence-corrected chi connectivity index (χ3v) is 3.50. The first-order valence-corrected chi connectivity index (χ1v) is 5.67. The van der Waals surface area contributed by atoms with Crippen LogP contribution in [0.15, 0.2) is 22.7 Å². The van der Waals surface area contributed by atoms with Crippen molar-refractivity contribution in [2.45, 2.75) is 19.5 Å². The number of aryl methyl sites for hydroxylation is 1. The quantitative estimate of drug-likeness (QED) is 0.874. The molecule has 2 N–H and O–H groups in total. The molecule has 2 nitrogen and oxygen atoms in total. The number of halogens is 1. The summed E-state index contributed by atoms with van der Waals surface area (Å²) in [5, 5.41) is 0. The van der Waals surface area contributed by atoms with Crippen LogP contribution in [-0.4, -0.2) is 24.0 Å². The molecule has 0 atom stereocenters. The van der Waals surface area contributed by atoms with Crippen LogP contribution in [0, 0.1) is 6.92 Å². The molecule has 1 aromatic rings. The molecule has 1 aliphatic rings. The number of nitrogens with zero attached hydrogens (tertiary/aromatic N) is 1. The lowest BCUT2D eigenvalue weighted by atomic mass is 10.1. The van der Waals surface area contributed by atoms with Gasteiger partial charge >= 0.3 is 0 Å². The highest BCUT2D eigenvalue weighted by Crippen LogP contribution is 2.19. The first kappa shape index (κ1) is 10.1. The van der Waals surface area contributed by atoms with Crippen molar-refractivity contribution in [3.8, 4) is 0 Å². The van der Waals surface area contributed by atoms with Crippen LogP contribution in [0.1, 0.15) is 11.1 Å². The molecular formula is C11H15BrN2. The van der Waals surface area contributed by atoms with E-state index in [2.05, 4.69) is 46.0 Å². The Balaban J connectivity index is 2.00. The summed E-state index contributed by atoms with van der Waals surface area (Å²) in [7, 11) is 0. The summed E-state index contributed by atoms with van der Waals surface area (Å²) in [6.45, 7) is 5.22. The van der Waals surface area contributed by atoms with Crippen molar-refractivity contribution in [1.29, 1.82) is 0 Å². The van der Waals surface area contributed by atoms with Gasteiger partial charge in [-0.05, 0) is 24.1 Å². The van der Waals surface area contributed by atoms with E-state index in [1.54, 1.807) is 0 Å². The molecule has 0 amide bonds. The highest BCUT2D eigenvalue weighted by molar-refractivity contribution is 9.10. The van der Waals surface area contributed by atoms with E-state index in [0.29, 0.717) is 6.04 Å². The number of hydrogen-bond donors (Lipinski definition) is 1. The molecule has 1 fully saturated rings. The van der Waals surface area contributed by atoms with Crippen LogP contribution >= 0.6 is 15.9 Å². The number of rotatable bonds is 2. The monoisotopic (exact) mass is 254 g/mol. The first-order valence-electron chi connectivity index (χ1n) is 4.88. The average molecular weight is 255 g/mol. The third kappa shape index (κ3) is 2.16. The minimum atomic E-state index is 0.395. The molecule has 0 aliphatic carbocycles. The van der Waals surface area contributed by atoms with Gasteiger partial charge in [0.15, 0.2) is 0 Å². The Kier molecular flexibility index (Phi) is 2.91. The van der Waals surface area contributed by atoms with Crippen LogP contribution < -0.4 is 5.73 Å². The highest BCUT2D eigenvalue weighted by atomic mass is 79.9. The molecule has 1 saturated heterocycles. The second-order valence-electron chi connectivity index (χ2n) is 4.04. The summed E-state index contributed by atoms with van der Waals surface area (Å²) in [6.07, 6.45) is 0. The number of benzene rings is 1. The van der Waals surface area contributed by atoms with Gasteiger partial charge in [0.1, 0.15) is 0 Å². The fraction of sp³-hybridized carbons (Fsp3) is 0.455. The molecular weight excluding hydrogens is 240 g/mol. The van der Waals surface area contributed by atoms with Crippen molar-refractivity contribution in [3.05, 3.63) is 33.8 Å². The Hall–Kier alpha value is -0.380. The fourth-order valence-electron chi connectivity index (χ4n) is 1.80. The molecule has 14 heavy (non-hydrogen) atoms. The van der Waals surface area contributed by atoms with E-state index in [0.717, 1.165) is 19.6 Å². The molecule has 2 rings (SSSR count). The lowest BCUT2D eigenvalue weighted by Crippen LogP contribution is -2.54. The number of nitrogens with two attached hydrogens (primary N) is 1. The zero-order valence-corrected chi connectivity index (χ0v) is 9.92. The van der Waals surface area contributed by atoms with Crippen LogP contribution in [0.5, 0.6) is 0 Å². The van der Waals surface area contributed by atoms with E-state index in [9.17, 15) is 0 Å². The zero-order valence-electron chi connectivity index (χ0n) is 8.33. The van der Waals surface area contributed by atoms with E-state index in [-0.39, 0.29) is 0 Å². The van der Waals surface area contributed by atoms with Crippen LogP contribution in [0.4, 0.5) is 0 Å². The van der Waals surface area contributed by atoms with Gasteiger partial charge in [-0.15, -0.1) is 0 Å². The van der Waals surface area contributed by atoms with Gasteiger partial charge in [0, 0.05) is 30.1 Å². The normalized spacial score (nSPS) is 18.2. The Morgan fingerprint density at radius 2 is 2.21 bits per heavy atom. The molecule has 3 heteroatoms. The van der Waals surface area contributed by atoms with E-state index >= 15 is 0 Å². The van der Waals surface area contributed by atoms with Gasteiger partial charge in [0.25, 0.3) is 0 Å². The molecule has 0 unspecified atom stereocenters. The van der Waals surface area contributed by atoms with Gasteiger partial charge < -0.3 is 5.73 Å². The van der Waals surface area contributed by atoms with Crippen molar-refractivity contribution in [2.24, 2.45) is 5.73 Å². The molecule has 76 valence electrons. The highest BCUT2D eigenvalue weighted by Gasteiger charge is 2.22. The maximum atomic E-state index is 5.73. The van der Waals surface area contributed by atoms with Crippen molar-refractivity contribution in [1.82, 2.24) is 4.90 Å². The summed E-state index contributed by atoms with van der Waals surface area (Å²) >= 11 is 3.50. The summed E-state index contributed by atoms with van der Waals surface area (Å²) < 4.78 is 1.18. The maximum Gasteiger partial charge on any atom is 0.0297 e. The minimum Gasteiger partial charge on any atom is -0.325 e. The first-order chi connectivity index (χ1) is 6.65. The minimum absolute atomic E-state index is 0.395. The Morgan fingerprint density at radius 1 is 1.50 bits per heavy atom. The molecule has 1 heterocycles. The second kappa shape index (κ2) is 4.01. The van der Waals surface area contributed by atoms with Gasteiger partial charge in [-0.2, -0.15) is 0 Å². The fourth-order valence-corrected chi connectivity index (χ4v) is 2.05. The van der Waals surface area contributed by atoms with Gasteiger partial charge in [-0.1, -0.05) is 28.1 Å². The maximum absolute atomic E-state index is 5.73. The van der Waals surface area contributed by atoms with E-state index in [1.807, 2.05) is 0 Å². The number of hydrogen-bond acceptors (Lipinski definition) is 2. The lowest BCUT2D eigenvalue weighted by molar-refractivity contribution is 0.142. The standard InChI is InChI=1S/C11H15BrN2/c1-8-4-9(2-3-11(8)12)5-14-6-10(13)7-14/h2-4,10H,5-7,13H2,1H3. The van der Waals surface area contributed by atoms with E-state index < -0.39 is 0 Å². The van der Waals surface area contributed by atoms with Gasteiger partial charge in [-0.3, -0.25) is 4.90 Å². The summed E-state index contributed by atoms with van der Waals surface area (Å²) in [5.74, 6) is 0. The molecule has 0 saturated carbocycles. The molecule has 1 aliphatic heterocycles. The largest absolute Gasteiger partial charge is 0.325 e. The predicted molar refractivity (Wildman–Crippen MR) is 62.1 cm³/mol. The van der Waals surface area contributed by atoms with Crippen molar-refractivity contribution < 1.29 is 0 Å². The Labute approximate surface area is 93.2 Å². The molecule has 0 radical (unpaired) electrons.